The first kappa shape index (κ1) is 15.3. The number of halogens is 2. The minimum atomic E-state index is 0.0550. The predicted molar refractivity (Wildman–Crippen MR) is 76.2 cm³/mol. The number of carbonyl (C=O) groups excluding carboxylic acids is 1. The molecule has 0 radical (unpaired) electrons. The van der Waals surface area contributed by atoms with Crippen molar-refractivity contribution in [1.82, 2.24) is 10.6 Å². The number of hydrogen-bond acceptors (Lipinski definition) is 2. The van der Waals surface area contributed by atoms with Gasteiger partial charge in [-0.3, -0.25) is 4.79 Å². The third-order valence-electron chi connectivity index (χ3n) is 2.61. The highest BCUT2D eigenvalue weighted by atomic mass is 35.5. The van der Waals surface area contributed by atoms with E-state index in [1.165, 1.54) is 0 Å². The summed E-state index contributed by atoms with van der Waals surface area (Å²) in [6, 6.07) is 5.52. The molecular weight excluding hydrogens is 271 g/mol. The van der Waals surface area contributed by atoms with E-state index in [0.717, 1.165) is 5.56 Å². The fourth-order valence-corrected chi connectivity index (χ4v) is 2.22. The molecule has 0 saturated heterocycles. The molecule has 0 aromatic heterocycles. The van der Waals surface area contributed by atoms with Gasteiger partial charge in [0.05, 0.1) is 0 Å². The molecule has 1 rings (SSSR count). The standard InChI is InChI=1S/C13H18Cl2N2O/c1-3-16-13(18)6-7-17-9(2)11-5-4-10(14)8-12(11)15/h4-5,8-9,17H,3,6-7H2,1-2H3,(H,16,18). The van der Waals surface area contributed by atoms with Crippen molar-refractivity contribution >= 4 is 29.1 Å². The van der Waals surface area contributed by atoms with Gasteiger partial charge >= 0.3 is 0 Å². The summed E-state index contributed by atoms with van der Waals surface area (Å²) < 4.78 is 0. The van der Waals surface area contributed by atoms with E-state index in [9.17, 15) is 4.79 Å². The minimum Gasteiger partial charge on any atom is -0.356 e. The molecule has 0 bridgehead atoms. The molecule has 0 aliphatic rings. The third kappa shape index (κ3) is 4.84. The Morgan fingerprint density at radius 3 is 2.72 bits per heavy atom. The highest BCUT2D eigenvalue weighted by Crippen LogP contribution is 2.25. The van der Waals surface area contributed by atoms with E-state index in [1.54, 1.807) is 6.07 Å². The average molecular weight is 289 g/mol. The van der Waals surface area contributed by atoms with Crippen molar-refractivity contribution in [2.24, 2.45) is 0 Å². The van der Waals surface area contributed by atoms with Gasteiger partial charge in [0.25, 0.3) is 0 Å². The zero-order valence-electron chi connectivity index (χ0n) is 10.6. The van der Waals surface area contributed by atoms with Gasteiger partial charge in [-0.25, -0.2) is 0 Å². The largest absolute Gasteiger partial charge is 0.356 e. The number of carbonyl (C=O) groups is 1. The molecule has 3 nitrogen and oxygen atoms in total. The molecule has 5 heteroatoms. The van der Waals surface area contributed by atoms with E-state index in [2.05, 4.69) is 10.6 Å². The molecule has 1 unspecified atom stereocenters. The Morgan fingerprint density at radius 1 is 1.39 bits per heavy atom. The third-order valence-corrected chi connectivity index (χ3v) is 3.17. The van der Waals surface area contributed by atoms with Crippen LogP contribution in [0.4, 0.5) is 0 Å². The van der Waals surface area contributed by atoms with Crippen molar-refractivity contribution in [3.05, 3.63) is 33.8 Å². The van der Waals surface area contributed by atoms with E-state index in [-0.39, 0.29) is 11.9 Å². The van der Waals surface area contributed by atoms with Crippen LogP contribution >= 0.6 is 23.2 Å². The molecule has 1 amide bonds. The molecule has 0 heterocycles. The Kier molecular flexibility index (Phi) is 6.47. The molecule has 100 valence electrons. The summed E-state index contributed by atoms with van der Waals surface area (Å²) in [7, 11) is 0. The van der Waals surface area contributed by atoms with Crippen LogP contribution in [0.3, 0.4) is 0 Å². The number of amides is 1. The highest BCUT2D eigenvalue weighted by molar-refractivity contribution is 6.35. The lowest BCUT2D eigenvalue weighted by molar-refractivity contribution is -0.120. The van der Waals surface area contributed by atoms with Crippen molar-refractivity contribution in [2.75, 3.05) is 13.1 Å². The molecule has 0 spiro atoms. The summed E-state index contributed by atoms with van der Waals surface area (Å²) in [5.41, 5.74) is 0.983. The van der Waals surface area contributed by atoms with Crippen LogP contribution in [-0.4, -0.2) is 19.0 Å². The molecule has 0 fully saturated rings. The monoisotopic (exact) mass is 288 g/mol. The van der Waals surface area contributed by atoms with Crippen LogP contribution in [0, 0.1) is 0 Å². The van der Waals surface area contributed by atoms with Gasteiger partial charge in [0.15, 0.2) is 0 Å². The second-order valence-electron chi connectivity index (χ2n) is 4.05. The van der Waals surface area contributed by atoms with Crippen molar-refractivity contribution in [3.63, 3.8) is 0 Å². The van der Waals surface area contributed by atoms with E-state index in [1.807, 2.05) is 26.0 Å². The van der Waals surface area contributed by atoms with E-state index in [0.29, 0.717) is 29.6 Å². The van der Waals surface area contributed by atoms with Crippen molar-refractivity contribution in [2.45, 2.75) is 26.3 Å². The van der Waals surface area contributed by atoms with Gasteiger partial charge < -0.3 is 10.6 Å². The van der Waals surface area contributed by atoms with Crippen molar-refractivity contribution < 1.29 is 4.79 Å². The molecule has 18 heavy (non-hydrogen) atoms. The van der Waals surface area contributed by atoms with E-state index in [4.69, 9.17) is 23.2 Å². The lowest BCUT2D eigenvalue weighted by Gasteiger charge is -2.15. The van der Waals surface area contributed by atoms with Crippen LogP contribution in [0.1, 0.15) is 31.9 Å². The zero-order valence-corrected chi connectivity index (χ0v) is 12.1. The summed E-state index contributed by atoms with van der Waals surface area (Å²) in [4.78, 5) is 11.3. The zero-order chi connectivity index (χ0) is 13.5. The van der Waals surface area contributed by atoms with Crippen LogP contribution in [0.2, 0.25) is 10.0 Å². The van der Waals surface area contributed by atoms with Crippen LogP contribution in [0.15, 0.2) is 18.2 Å². The quantitative estimate of drug-likeness (QED) is 0.844. The number of benzene rings is 1. The summed E-state index contributed by atoms with van der Waals surface area (Å²) in [5, 5.41) is 7.28. The van der Waals surface area contributed by atoms with Gasteiger partial charge in [0, 0.05) is 35.6 Å². The van der Waals surface area contributed by atoms with Crippen LogP contribution < -0.4 is 10.6 Å². The molecule has 2 N–H and O–H groups in total. The first-order valence-electron chi connectivity index (χ1n) is 5.99. The van der Waals surface area contributed by atoms with Gasteiger partial charge in [-0.2, -0.15) is 0 Å². The molecule has 0 aliphatic carbocycles. The number of hydrogen-bond donors (Lipinski definition) is 2. The van der Waals surface area contributed by atoms with Crippen LogP contribution in [-0.2, 0) is 4.79 Å². The first-order chi connectivity index (χ1) is 8.54. The Hall–Kier alpha value is -0.770. The Balaban J connectivity index is 2.45. The predicted octanol–water partition coefficient (Wildman–Crippen LogP) is 3.17. The normalized spacial score (nSPS) is 12.2. The SMILES string of the molecule is CCNC(=O)CCNC(C)c1ccc(Cl)cc1Cl. The summed E-state index contributed by atoms with van der Waals surface area (Å²) in [5.74, 6) is 0.0550. The molecule has 0 aliphatic heterocycles. The second-order valence-corrected chi connectivity index (χ2v) is 4.89. The topological polar surface area (TPSA) is 41.1 Å². The van der Waals surface area contributed by atoms with E-state index < -0.39 is 0 Å². The highest BCUT2D eigenvalue weighted by Gasteiger charge is 2.10. The molecule has 1 aromatic carbocycles. The van der Waals surface area contributed by atoms with Gasteiger partial charge in [-0.15, -0.1) is 0 Å². The first-order valence-corrected chi connectivity index (χ1v) is 6.75. The van der Waals surface area contributed by atoms with Gasteiger partial charge in [0.1, 0.15) is 0 Å². The maximum Gasteiger partial charge on any atom is 0.221 e. The number of nitrogens with one attached hydrogen (secondary N) is 2. The van der Waals surface area contributed by atoms with Crippen LogP contribution in [0.5, 0.6) is 0 Å². The fraction of sp³-hybridized carbons (Fsp3) is 0.462. The maximum absolute atomic E-state index is 11.3. The summed E-state index contributed by atoms with van der Waals surface area (Å²) >= 11 is 12.0. The molecule has 1 aromatic rings. The van der Waals surface area contributed by atoms with Gasteiger partial charge in [-0.1, -0.05) is 29.3 Å². The molecule has 0 saturated carbocycles. The fourth-order valence-electron chi connectivity index (χ4n) is 1.65. The Bertz CT molecular complexity index is 410. The van der Waals surface area contributed by atoms with Gasteiger partial charge in [0.2, 0.25) is 5.91 Å². The lowest BCUT2D eigenvalue weighted by atomic mass is 10.1. The average Bonchev–Trinajstić information content (AvgIpc) is 2.29. The number of rotatable bonds is 6. The second kappa shape index (κ2) is 7.62. The van der Waals surface area contributed by atoms with Crippen LogP contribution in [0.25, 0.3) is 0 Å². The van der Waals surface area contributed by atoms with Gasteiger partial charge in [-0.05, 0) is 31.5 Å². The van der Waals surface area contributed by atoms with Crippen molar-refractivity contribution in [3.8, 4) is 0 Å². The molecule has 1 atom stereocenters. The Morgan fingerprint density at radius 2 is 2.11 bits per heavy atom. The van der Waals surface area contributed by atoms with Crippen molar-refractivity contribution in [1.29, 1.82) is 0 Å². The maximum atomic E-state index is 11.3. The molecular formula is C13H18Cl2N2O. The smallest absolute Gasteiger partial charge is 0.221 e. The minimum absolute atomic E-state index is 0.0550. The summed E-state index contributed by atoms with van der Waals surface area (Å²) in [6.45, 7) is 5.19. The summed E-state index contributed by atoms with van der Waals surface area (Å²) in [6.07, 6.45) is 0.462. The Labute approximate surface area is 118 Å². The van der Waals surface area contributed by atoms with E-state index >= 15 is 0 Å². The lowest BCUT2D eigenvalue weighted by Crippen LogP contribution is -2.28.